The Morgan fingerprint density at radius 3 is 2.88 bits per heavy atom. The largest absolute Gasteiger partial charge is 0.383 e. The van der Waals surface area contributed by atoms with E-state index in [4.69, 9.17) is 22.3 Å². The first-order chi connectivity index (χ1) is 11.7. The normalized spacial score (nSPS) is 20.2. The summed E-state index contributed by atoms with van der Waals surface area (Å²) in [4.78, 5) is 11.7. The summed E-state index contributed by atoms with van der Waals surface area (Å²) in [6.07, 6.45) is 0. The van der Waals surface area contributed by atoms with Crippen molar-refractivity contribution in [2.75, 3.05) is 18.8 Å². The summed E-state index contributed by atoms with van der Waals surface area (Å²) >= 11 is 7.75. The number of aliphatic imine (C=N–C) groups is 2. The van der Waals surface area contributed by atoms with Crippen molar-refractivity contribution >= 4 is 40.1 Å². The van der Waals surface area contributed by atoms with Crippen LogP contribution in [0.4, 0.5) is 5.69 Å². The predicted octanol–water partition coefficient (Wildman–Crippen LogP) is 3.84. The second kappa shape index (κ2) is 6.49. The SMILES string of the molecule is NC(=Nc1cccc(C2CN3CCSC3=N2)c1)c1ccc(Cl)cc1. The maximum atomic E-state index is 6.12. The second-order valence-corrected chi connectivity index (χ2v) is 7.32. The fourth-order valence-electron chi connectivity index (χ4n) is 2.91. The lowest BCUT2D eigenvalue weighted by Gasteiger charge is -2.13. The summed E-state index contributed by atoms with van der Waals surface area (Å²) in [5, 5.41) is 1.86. The zero-order valence-corrected chi connectivity index (χ0v) is 14.6. The number of hydrogen-bond acceptors (Lipinski definition) is 4. The van der Waals surface area contributed by atoms with Gasteiger partial charge in [-0.25, -0.2) is 4.99 Å². The molecule has 2 aliphatic heterocycles. The van der Waals surface area contributed by atoms with Gasteiger partial charge in [-0.2, -0.15) is 0 Å². The van der Waals surface area contributed by atoms with E-state index in [9.17, 15) is 0 Å². The van der Waals surface area contributed by atoms with Gasteiger partial charge in [-0.15, -0.1) is 0 Å². The van der Waals surface area contributed by atoms with Gasteiger partial charge < -0.3 is 10.6 Å². The van der Waals surface area contributed by atoms with Crippen LogP contribution in [-0.4, -0.2) is 34.7 Å². The quantitative estimate of drug-likeness (QED) is 0.671. The maximum absolute atomic E-state index is 6.12. The van der Waals surface area contributed by atoms with Gasteiger partial charge in [0, 0.05) is 29.4 Å². The number of thioether (sulfide) groups is 1. The zero-order valence-electron chi connectivity index (χ0n) is 13.0. The summed E-state index contributed by atoms with van der Waals surface area (Å²) in [5.74, 6) is 1.63. The van der Waals surface area contributed by atoms with Crippen molar-refractivity contribution in [1.29, 1.82) is 0 Å². The van der Waals surface area contributed by atoms with Crippen LogP contribution in [0.15, 0.2) is 58.5 Å². The summed E-state index contributed by atoms with van der Waals surface area (Å²) in [6.45, 7) is 2.06. The third-order valence-electron chi connectivity index (χ3n) is 4.17. The standard InChI is InChI=1S/C18H17ClN4S/c19-14-6-4-12(5-7-14)17(20)21-15-3-1-2-13(10-15)16-11-23-8-9-24-18(23)22-16/h1-7,10,16H,8-9,11H2,(H2,20,21). The molecule has 0 bridgehead atoms. The fraction of sp³-hybridized carbons (Fsp3) is 0.222. The second-order valence-electron chi connectivity index (χ2n) is 5.82. The predicted molar refractivity (Wildman–Crippen MR) is 102 cm³/mol. The van der Waals surface area contributed by atoms with E-state index >= 15 is 0 Å². The molecule has 24 heavy (non-hydrogen) atoms. The molecule has 1 fully saturated rings. The maximum Gasteiger partial charge on any atom is 0.160 e. The van der Waals surface area contributed by atoms with E-state index in [1.165, 1.54) is 10.7 Å². The van der Waals surface area contributed by atoms with Gasteiger partial charge in [-0.1, -0.05) is 35.5 Å². The van der Waals surface area contributed by atoms with Crippen LogP contribution < -0.4 is 5.73 Å². The molecule has 4 rings (SSSR count). The molecule has 0 radical (unpaired) electrons. The first-order valence-electron chi connectivity index (χ1n) is 7.85. The van der Waals surface area contributed by atoms with Crippen molar-refractivity contribution in [2.24, 2.45) is 15.7 Å². The minimum absolute atomic E-state index is 0.194. The molecule has 1 unspecified atom stereocenters. The highest BCUT2D eigenvalue weighted by molar-refractivity contribution is 8.14. The van der Waals surface area contributed by atoms with Crippen LogP contribution in [0.25, 0.3) is 0 Å². The molecule has 1 saturated heterocycles. The number of nitrogens with zero attached hydrogens (tertiary/aromatic N) is 3. The molecule has 2 aliphatic rings. The molecule has 4 nitrogen and oxygen atoms in total. The van der Waals surface area contributed by atoms with E-state index in [2.05, 4.69) is 22.0 Å². The molecule has 0 aliphatic carbocycles. The number of hydrogen-bond donors (Lipinski definition) is 1. The van der Waals surface area contributed by atoms with Gasteiger partial charge in [0.2, 0.25) is 0 Å². The van der Waals surface area contributed by atoms with Crippen molar-refractivity contribution in [3.63, 3.8) is 0 Å². The van der Waals surface area contributed by atoms with Crippen molar-refractivity contribution in [2.45, 2.75) is 6.04 Å². The Morgan fingerprint density at radius 1 is 1.25 bits per heavy atom. The monoisotopic (exact) mass is 356 g/mol. The van der Waals surface area contributed by atoms with Crippen LogP contribution >= 0.6 is 23.4 Å². The van der Waals surface area contributed by atoms with Crippen LogP contribution in [0, 0.1) is 0 Å². The molecular formula is C18H17ClN4S. The lowest BCUT2D eigenvalue weighted by molar-refractivity contribution is 0.464. The van der Waals surface area contributed by atoms with Crippen molar-refractivity contribution in [3.8, 4) is 0 Å². The van der Waals surface area contributed by atoms with E-state index in [0.717, 1.165) is 30.1 Å². The molecule has 122 valence electrons. The number of benzene rings is 2. The van der Waals surface area contributed by atoms with Gasteiger partial charge in [-0.3, -0.25) is 4.99 Å². The number of nitrogens with two attached hydrogens (primary N) is 1. The topological polar surface area (TPSA) is 54.0 Å². The van der Waals surface area contributed by atoms with Gasteiger partial charge in [0.05, 0.1) is 11.7 Å². The summed E-state index contributed by atoms with van der Waals surface area (Å²) < 4.78 is 0. The summed E-state index contributed by atoms with van der Waals surface area (Å²) in [6, 6.07) is 15.7. The van der Waals surface area contributed by atoms with E-state index in [1.54, 1.807) is 0 Å². The van der Waals surface area contributed by atoms with Gasteiger partial charge in [0.15, 0.2) is 5.17 Å². The lowest BCUT2D eigenvalue weighted by atomic mass is 10.1. The van der Waals surface area contributed by atoms with E-state index in [-0.39, 0.29) is 6.04 Å². The smallest absolute Gasteiger partial charge is 0.160 e. The molecule has 0 saturated carbocycles. The molecular weight excluding hydrogens is 340 g/mol. The number of rotatable bonds is 3. The Morgan fingerprint density at radius 2 is 2.08 bits per heavy atom. The molecule has 0 spiro atoms. The van der Waals surface area contributed by atoms with E-state index < -0.39 is 0 Å². The summed E-state index contributed by atoms with van der Waals surface area (Å²) in [7, 11) is 0. The van der Waals surface area contributed by atoms with Crippen molar-refractivity contribution in [1.82, 2.24) is 4.90 Å². The Hall–Kier alpha value is -1.98. The van der Waals surface area contributed by atoms with Crippen LogP contribution in [0.2, 0.25) is 5.02 Å². The van der Waals surface area contributed by atoms with E-state index in [1.807, 2.05) is 48.2 Å². The molecule has 0 amide bonds. The lowest BCUT2D eigenvalue weighted by Crippen LogP contribution is -2.21. The van der Waals surface area contributed by atoms with Gasteiger partial charge >= 0.3 is 0 Å². The van der Waals surface area contributed by atoms with Crippen LogP contribution in [0.5, 0.6) is 0 Å². The van der Waals surface area contributed by atoms with Crippen LogP contribution in [-0.2, 0) is 0 Å². The Balaban J connectivity index is 1.58. The number of amidine groups is 2. The molecule has 1 atom stereocenters. The average Bonchev–Trinajstić information content (AvgIpc) is 3.17. The van der Waals surface area contributed by atoms with Gasteiger partial charge in [0.25, 0.3) is 0 Å². The van der Waals surface area contributed by atoms with Crippen LogP contribution in [0.1, 0.15) is 17.2 Å². The Labute approximate surface area is 150 Å². The molecule has 2 N–H and O–H groups in total. The van der Waals surface area contributed by atoms with Gasteiger partial charge in [0.1, 0.15) is 5.84 Å². The minimum atomic E-state index is 0.194. The van der Waals surface area contributed by atoms with Crippen molar-refractivity contribution < 1.29 is 0 Å². The first-order valence-corrected chi connectivity index (χ1v) is 9.21. The zero-order chi connectivity index (χ0) is 16.5. The van der Waals surface area contributed by atoms with Crippen LogP contribution in [0.3, 0.4) is 0 Å². The van der Waals surface area contributed by atoms with Gasteiger partial charge in [-0.05, 0) is 42.0 Å². The molecule has 2 aromatic carbocycles. The highest BCUT2D eigenvalue weighted by Gasteiger charge is 2.30. The highest BCUT2D eigenvalue weighted by Crippen LogP contribution is 2.33. The number of halogens is 1. The Kier molecular flexibility index (Phi) is 4.21. The Bertz CT molecular complexity index is 816. The highest BCUT2D eigenvalue weighted by atomic mass is 35.5. The molecule has 2 heterocycles. The molecule has 6 heteroatoms. The number of fused-ring (bicyclic) bond motifs is 1. The third kappa shape index (κ3) is 3.14. The third-order valence-corrected chi connectivity index (χ3v) is 5.43. The first kappa shape index (κ1) is 15.5. The minimum Gasteiger partial charge on any atom is -0.383 e. The molecule has 2 aromatic rings. The van der Waals surface area contributed by atoms with Crippen molar-refractivity contribution in [3.05, 3.63) is 64.7 Å². The van der Waals surface area contributed by atoms with E-state index in [0.29, 0.717) is 10.9 Å². The molecule has 0 aromatic heterocycles. The fourth-order valence-corrected chi connectivity index (χ4v) is 4.08. The average molecular weight is 357 g/mol. The summed E-state index contributed by atoms with van der Waals surface area (Å²) in [5.41, 5.74) is 9.02.